The Labute approximate surface area is 203 Å². The van der Waals surface area contributed by atoms with Crippen LogP contribution >= 0.6 is 15.9 Å². The van der Waals surface area contributed by atoms with E-state index in [4.69, 9.17) is 0 Å². The number of rotatable bonds is 7. The van der Waals surface area contributed by atoms with Crippen LogP contribution < -0.4 is 4.90 Å². The van der Waals surface area contributed by atoms with E-state index in [1.54, 1.807) is 24.3 Å². The minimum Gasteiger partial charge on any atom is -0.274 e. The molecule has 1 aliphatic carbocycles. The van der Waals surface area contributed by atoms with Gasteiger partial charge in [-0.1, -0.05) is 45.3 Å². The van der Waals surface area contributed by atoms with Gasteiger partial charge in [0.1, 0.15) is 6.04 Å². The van der Waals surface area contributed by atoms with Gasteiger partial charge in [-0.3, -0.25) is 9.59 Å². The van der Waals surface area contributed by atoms with E-state index < -0.39 is 22.0 Å². The molecule has 8 heteroatoms. The zero-order valence-corrected chi connectivity index (χ0v) is 20.9. The number of carbonyl (C=O) groups excluding carboxylic acids is 2. The number of nitrogens with zero attached hydrogens (tertiary/aromatic N) is 2. The van der Waals surface area contributed by atoms with Crippen LogP contribution in [0.15, 0.2) is 69.5 Å². The molecule has 2 aromatic rings. The van der Waals surface area contributed by atoms with Crippen LogP contribution in [0.3, 0.4) is 0 Å². The summed E-state index contributed by atoms with van der Waals surface area (Å²) in [6.07, 6.45) is 6.74. The maximum atomic E-state index is 13.7. The summed E-state index contributed by atoms with van der Waals surface area (Å²) in [5.74, 6) is -0.885. The maximum Gasteiger partial charge on any atom is 0.252 e. The summed E-state index contributed by atoms with van der Waals surface area (Å²) < 4.78 is 29.3. The molecule has 4 rings (SSSR count). The summed E-state index contributed by atoms with van der Waals surface area (Å²) in [4.78, 5) is 27.5. The van der Waals surface area contributed by atoms with Gasteiger partial charge in [-0.15, -0.1) is 0 Å². The number of aryl methyl sites for hydroxylation is 1. The van der Waals surface area contributed by atoms with Crippen molar-refractivity contribution in [3.05, 3.63) is 70.2 Å². The van der Waals surface area contributed by atoms with Crippen molar-refractivity contribution in [2.75, 3.05) is 11.4 Å². The Balaban J connectivity index is 1.67. The van der Waals surface area contributed by atoms with Gasteiger partial charge in [-0.25, -0.2) is 13.3 Å². The van der Waals surface area contributed by atoms with Gasteiger partial charge in [0.25, 0.3) is 5.91 Å². The fraction of sp³-hybridized carbons (Fsp3) is 0.360. The molecule has 1 heterocycles. The Morgan fingerprint density at radius 3 is 2.36 bits per heavy atom. The number of hydrogen-bond acceptors (Lipinski definition) is 4. The van der Waals surface area contributed by atoms with Gasteiger partial charge in [-0.2, -0.15) is 4.31 Å². The van der Waals surface area contributed by atoms with E-state index in [0.717, 1.165) is 40.6 Å². The Hall–Kier alpha value is -2.29. The number of allylic oxidation sites excluding steroid dienone is 1. The second kappa shape index (κ2) is 9.91. The lowest BCUT2D eigenvalue weighted by Crippen LogP contribution is -2.46. The molecule has 2 aliphatic rings. The van der Waals surface area contributed by atoms with Crippen LogP contribution in [0, 0.1) is 6.92 Å². The van der Waals surface area contributed by atoms with Crippen LogP contribution in [0.4, 0.5) is 5.69 Å². The second-order valence-corrected chi connectivity index (χ2v) is 11.4. The van der Waals surface area contributed by atoms with Gasteiger partial charge in [-0.05, 0) is 75.4 Å². The normalized spacial score (nSPS) is 19.3. The van der Waals surface area contributed by atoms with Crippen molar-refractivity contribution in [3.63, 3.8) is 0 Å². The van der Waals surface area contributed by atoms with E-state index in [2.05, 4.69) is 22.0 Å². The first kappa shape index (κ1) is 23.9. The molecule has 174 valence electrons. The van der Waals surface area contributed by atoms with Crippen LogP contribution in [0.1, 0.15) is 44.1 Å². The number of anilines is 1. The molecular weight excluding hydrogens is 504 g/mol. The highest BCUT2D eigenvalue weighted by atomic mass is 79.9. The second-order valence-electron chi connectivity index (χ2n) is 8.55. The molecule has 0 bridgehead atoms. The van der Waals surface area contributed by atoms with E-state index >= 15 is 0 Å². The van der Waals surface area contributed by atoms with E-state index in [9.17, 15) is 18.0 Å². The fourth-order valence-corrected chi connectivity index (χ4v) is 6.22. The number of benzene rings is 2. The molecule has 1 aliphatic heterocycles. The average molecular weight is 531 g/mol. The van der Waals surface area contributed by atoms with Gasteiger partial charge in [0.15, 0.2) is 0 Å². The monoisotopic (exact) mass is 530 g/mol. The maximum absolute atomic E-state index is 13.7. The third-order valence-electron chi connectivity index (χ3n) is 6.22. The molecule has 2 amide bonds. The Morgan fingerprint density at radius 2 is 1.73 bits per heavy atom. The van der Waals surface area contributed by atoms with Crippen molar-refractivity contribution in [2.24, 2.45) is 0 Å². The molecule has 0 saturated carbocycles. The van der Waals surface area contributed by atoms with Gasteiger partial charge < -0.3 is 0 Å². The van der Waals surface area contributed by atoms with E-state index in [0.29, 0.717) is 12.1 Å². The summed E-state index contributed by atoms with van der Waals surface area (Å²) in [7, 11) is -3.99. The van der Waals surface area contributed by atoms with Crippen molar-refractivity contribution in [1.82, 2.24) is 4.31 Å². The van der Waals surface area contributed by atoms with Crippen LogP contribution in [0.2, 0.25) is 0 Å². The molecule has 1 saturated heterocycles. The quantitative estimate of drug-likeness (QED) is 0.374. The number of halogens is 1. The number of sulfonamides is 1. The van der Waals surface area contributed by atoms with Gasteiger partial charge in [0.2, 0.25) is 15.9 Å². The summed E-state index contributed by atoms with van der Waals surface area (Å²) in [6, 6.07) is 12.4. The van der Waals surface area contributed by atoms with Crippen molar-refractivity contribution < 1.29 is 18.0 Å². The van der Waals surface area contributed by atoms with Gasteiger partial charge >= 0.3 is 0 Å². The van der Waals surface area contributed by atoms with Gasteiger partial charge in [0.05, 0.1) is 17.0 Å². The molecule has 1 atom stereocenters. The molecule has 1 fully saturated rings. The van der Waals surface area contributed by atoms with Crippen LogP contribution in [0.25, 0.3) is 0 Å². The molecule has 0 spiro atoms. The predicted octanol–water partition coefficient (Wildman–Crippen LogP) is 4.97. The fourth-order valence-electron chi connectivity index (χ4n) is 4.38. The summed E-state index contributed by atoms with van der Waals surface area (Å²) in [5.41, 5.74) is 2.69. The highest BCUT2D eigenvalue weighted by molar-refractivity contribution is 9.10. The Bertz CT molecular complexity index is 1170. The van der Waals surface area contributed by atoms with E-state index in [1.807, 2.05) is 19.1 Å². The molecule has 6 nitrogen and oxygen atoms in total. The molecule has 0 N–H and O–H groups in total. The smallest absolute Gasteiger partial charge is 0.252 e. The SMILES string of the molecule is Cc1ccc(N2C(=O)CC(N(CCC3=CCCCC3)S(=O)(=O)c3ccc(Br)cc3)C2=O)cc1. The number of carbonyl (C=O) groups is 2. The molecule has 0 aromatic heterocycles. The van der Waals surface area contributed by atoms with Gasteiger partial charge in [0, 0.05) is 11.0 Å². The molecule has 33 heavy (non-hydrogen) atoms. The van der Waals surface area contributed by atoms with Crippen molar-refractivity contribution in [1.29, 1.82) is 0 Å². The first-order valence-electron chi connectivity index (χ1n) is 11.2. The Kier molecular flexibility index (Phi) is 7.16. The molecular formula is C25H27BrN2O4S. The number of imide groups is 1. The Morgan fingerprint density at radius 1 is 1.03 bits per heavy atom. The lowest BCUT2D eigenvalue weighted by molar-refractivity contribution is -0.122. The summed E-state index contributed by atoms with van der Waals surface area (Å²) >= 11 is 3.33. The average Bonchev–Trinajstić information content (AvgIpc) is 3.09. The molecule has 1 unspecified atom stereocenters. The van der Waals surface area contributed by atoms with Crippen LogP contribution in [-0.4, -0.2) is 37.1 Å². The topological polar surface area (TPSA) is 74.8 Å². The van der Waals surface area contributed by atoms with Crippen molar-refractivity contribution >= 4 is 43.5 Å². The van der Waals surface area contributed by atoms with Crippen molar-refractivity contribution in [3.8, 4) is 0 Å². The highest BCUT2D eigenvalue weighted by Crippen LogP contribution is 2.31. The first-order valence-corrected chi connectivity index (χ1v) is 13.4. The van der Waals surface area contributed by atoms with Crippen LogP contribution in [0.5, 0.6) is 0 Å². The summed E-state index contributed by atoms with van der Waals surface area (Å²) in [5, 5.41) is 0. The first-order chi connectivity index (χ1) is 15.8. The zero-order valence-electron chi connectivity index (χ0n) is 18.5. The predicted molar refractivity (Wildman–Crippen MR) is 131 cm³/mol. The minimum atomic E-state index is -3.99. The number of hydrogen-bond donors (Lipinski definition) is 0. The zero-order chi connectivity index (χ0) is 23.6. The largest absolute Gasteiger partial charge is 0.274 e. The standard InChI is InChI=1S/C25H27BrN2O4S/c1-18-7-11-21(12-8-18)28-24(29)17-23(25(28)30)27(16-15-19-5-3-2-4-6-19)33(31,32)22-13-9-20(26)10-14-22/h5,7-14,23H,2-4,6,15-17H2,1H3. The number of amides is 2. The van der Waals surface area contributed by atoms with E-state index in [-0.39, 0.29) is 23.8 Å². The minimum absolute atomic E-state index is 0.109. The van der Waals surface area contributed by atoms with E-state index in [1.165, 1.54) is 22.0 Å². The van der Waals surface area contributed by atoms with Crippen LogP contribution in [-0.2, 0) is 19.6 Å². The lowest BCUT2D eigenvalue weighted by Gasteiger charge is -2.28. The highest BCUT2D eigenvalue weighted by Gasteiger charge is 2.46. The third-order valence-corrected chi connectivity index (χ3v) is 8.67. The molecule has 0 radical (unpaired) electrons. The lowest BCUT2D eigenvalue weighted by atomic mass is 9.97. The molecule has 2 aromatic carbocycles. The van der Waals surface area contributed by atoms with Crippen molar-refractivity contribution in [2.45, 2.75) is 56.4 Å². The summed E-state index contributed by atoms with van der Waals surface area (Å²) in [6.45, 7) is 2.09. The third kappa shape index (κ3) is 5.13.